The number of fused-ring (bicyclic) bond motifs is 3. The number of hydrogen-bond donors (Lipinski definition) is 2. The van der Waals surface area contributed by atoms with Crippen LogP contribution in [-0.4, -0.2) is 58.0 Å². The summed E-state index contributed by atoms with van der Waals surface area (Å²) in [7, 11) is 0. The molecule has 0 radical (unpaired) electrons. The Hall–Kier alpha value is -3.31. The van der Waals surface area contributed by atoms with Crippen LogP contribution < -0.4 is 10.7 Å². The fourth-order valence-electron chi connectivity index (χ4n) is 5.23. The number of hydrogen-bond acceptors (Lipinski definition) is 6. The zero-order valence-electron chi connectivity index (χ0n) is 17.2. The van der Waals surface area contributed by atoms with Crippen LogP contribution in [-0.2, 0) is 22.6 Å². The first-order chi connectivity index (χ1) is 15.8. The van der Waals surface area contributed by atoms with E-state index in [0.717, 1.165) is 12.5 Å². The number of halogens is 2. The number of benzene rings is 1. The molecule has 1 unspecified atom stereocenters. The molecule has 33 heavy (non-hydrogen) atoms. The molecule has 2 aromatic rings. The Kier molecular flexibility index (Phi) is 4.21. The molecule has 4 heterocycles. The molecule has 4 aliphatic rings. The minimum atomic E-state index is -1.00. The van der Waals surface area contributed by atoms with Gasteiger partial charge in [0.25, 0.3) is 11.8 Å². The Bertz CT molecular complexity index is 1280. The van der Waals surface area contributed by atoms with Crippen molar-refractivity contribution in [3.05, 3.63) is 63.1 Å². The van der Waals surface area contributed by atoms with Gasteiger partial charge in [-0.3, -0.25) is 14.4 Å². The summed E-state index contributed by atoms with van der Waals surface area (Å²) in [6.07, 6.45) is 1.21. The van der Waals surface area contributed by atoms with Crippen LogP contribution in [0.25, 0.3) is 0 Å². The zero-order valence-corrected chi connectivity index (χ0v) is 17.2. The Labute approximate surface area is 185 Å². The van der Waals surface area contributed by atoms with E-state index in [9.17, 15) is 28.3 Å². The lowest BCUT2D eigenvalue weighted by Gasteiger charge is -2.44. The number of rotatable bonds is 3. The van der Waals surface area contributed by atoms with Crippen molar-refractivity contribution in [2.75, 3.05) is 13.2 Å². The Morgan fingerprint density at radius 2 is 2.12 bits per heavy atom. The van der Waals surface area contributed by atoms with Gasteiger partial charge in [-0.25, -0.2) is 8.78 Å². The van der Waals surface area contributed by atoms with Gasteiger partial charge < -0.3 is 29.4 Å². The van der Waals surface area contributed by atoms with Crippen LogP contribution in [0.4, 0.5) is 8.78 Å². The van der Waals surface area contributed by atoms with Crippen LogP contribution in [0.15, 0.2) is 29.2 Å². The highest BCUT2D eigenvalue weighted by molar-refractivity contribution is 5.99. The van der Waals surface area contributed by atoms with Crippen LogP contribution in [0.3, 0.4) is 0 Å². The van der Waals surface area contributed by atoms with Crippen LogP contribution in [0.1, 0.15) is 32.8 Å². The molecule has 2 amide bonds. The number of pyridine rings is 1. The maximum Gasteiger partial charge on any atom is 0.276 e. The smallest absolute Gasteiger partial charge is 0.276 e. The second-order valence-electron chi connectivity index (χ2n) is 8.90. The average Bonchev–Trinajstić information content (AvgIpc) is 3.36. The largest absolute Gasteiger partial charge is 0.503 e. The van der Waals surface area contributed by atoms with Crippen LogP contribution in [0.5, 0.6) is 5.75 Å². The van der Waals surface area contributed by atoms with Gasteiger partial charge in [0, 0.05) is 35.8 Å². The van der Waals surface area contributed by atoms with Crippen molar-refractivity contribution in [2.45, 2.75) is 37.9 Å². The third kappa shape index (κ3) is 2.85. The monoisotopic (exact) mass is 459 g/mol. The molecule has 6 rings (SSSR count). The normalized spacial score (nSPS) is 29.1. The number of carbonyl (C=O) groups is 2. The van der Waals surface area contributed by atoms with Gasteiger partial charge in [0.1, 0.15) is 17.2 Å². The summed E-state index contributed by atoms with van der Waals surface area (Å²) in [5.41, 5.74) is -1.79. The molecule has 3 aliphatic heterocycles. The van der Waals surface area contributed by atoms with Gasteiger partial charge in [0.05, 0.1) is 25.9 Å². The van der Waals surface area contributed by atoms with Crippen molar-refractivity contribution in [3.63, 3.8) is 0 Å². The molecule has 2 saturated heterocycles. The van der Waals surface area contributed by atoms with E-state index < -0.39 is 46.4 Å². The van der Waals surface area contributed by atoms with E-state index in [-0.39, 0.29) is 41.9 Å². The highest BCUT2D eigenvalue weighted by Crippen LogP contribution is 2.60. The lowest BCUT2D eigenvalue weighted by molar-refractivity contribution is -0.147. The lowest BCUT2D eigenvalue weighted by Crippen LogP contribution is -2.58. The molecule has 11 heteroatoms. The number of carbonyl (C=O) groups excluding carboxylic acids is 2. The summed E-state index contributed by atoms with van der Waals surface area (Å²) in [5, 5.41) is 12.9. The minimum absolute atomic E-state index is 0.0279. The number of aromatic nitrogens is 1. The molecular formula is C22H19F2N3O6. The first kappa shape index (κ1) is 20.3. The van der Waals surface area contributed by atoms with Crippen LogP contribution in [0, 0.1) is 17.0 Å². The van der Waals surface area contributed by atoms with E-state index in [2.05, 4.69) is 5.32 Å². The number of nitrogens with one attached hydrogen (secondary N) is 1. The third-order valence-corrected chi connectivity index (χ3v) is 7.07. The van der Waals surface area contributed by atoms with E-state index in [1.807, 2.05) is 0 Å². The summed E-state index contributed by atoms with van der Waals surface area (Å²) >= 11 is 0. The standard InChI is InChI=1S/C22H19F2N3O6/c23-11-2-1-10(13(24)3-11)5-25-20(30)12-6-26-7-16-27(21(31)17(26)19(29)18(12)28)14-4-22(14)9-32-8-15(22)33-16/h1-3,6,14-16,29H,4-5,7-9H2,(H,25,30)/t14-,15-,16-,22?/m1/s1. The molecular weight excluding hydrogens is 440 g/mol. The van der Waals surface area contributed by atoms with Crippen molar-refractivity contribution in [2.24, 2.45) is 5.41 Å². The van der Waals surface area contributed by atoms with Gasteiger partial charge >= 0.3 is 0 Å². The molecule has 4 atom stereocenters. The fourth-order valence-corrected chi connectivity index (χ4v) is 5.23. The maximum absolute atomic E-state index is 13.8. The molecule has 1 aromatic heterocycles. The minimum Gasteiger partial charge on any atom is -0.503 e. The van der Waals surface area contributed by atoms with Gasteiger partial charge in [-0.1, -0.05) is 6.07 Å². The molecule has 1 aromatic carbocycles. The summed E-state index contributed by atoms with van der Waals surface area (Å²) in [5.74, 6) is -3.81. The van der Waals surface area contributed by atoms with Crippen molar-refractivity contribution in [3.8, 4) is 5.75 Å². The lowest BCUT2D eigenvalue weighted by atomic mass is 9.99. The van der Waals surface area contributed by atoms with Gasteiger partial charge in [-0.15, -0.1) is 0 Å². The van der Waals surface area contributed by atoms with E-state index in [1.54, 1.807) is 4.90 Å². The highest BCUT2D eigenvalue weighted by Gasteiger charge is 2.70. The molecule has 1 saturated carbocycles. The quantitative estimate of drug-likeness (QED) is 0.701. The second kappa shape index (κ2) is 6.84. The first-order valence-corrected chi connectivity index (χ1v) is 10.5. The third-order valence-electron chi connectivity index (χ3n) is 7.07. The molecule has 172 valence electrons. The number of ether oxygens (including phenoxy) is 2. The Balaban J connectivity index is 1.29. The molecule has 9 nitrogen and oxygen atoms in total. The van der Waals surface area contributed by atoms with Gasteiger partial charge in [-0.2, -0.15) is 0 Å². The topological polar surface area (TPSA) is 110 Å². The van der Waals surface area contributed by atoms with Crippen molar-refractivity contribution >= 4 is 11.8 Å². The van der Waals surface area contributed by atoms with Gasteiger partial charge in [0.15, 0.2) is 17.7 Å². The van der Waals surface area contributed by atoms with E-state index >= 15 is 0 Å². The highest BCUT2D eigenvalue weighted by atomic mass is 19.1. The first-order valence-electron chi connectivity index (χ1n) is 10.5. The van der Waals surface area contributed by atoms with Gasteiger partial charge in [0.2, 0.25) is 5.43 Å². The van der Waals surface area contributed by atoms with E-state index in [4.69, 9.17) is 9.47 Å². The summed E-state index contributed by atoms with van der Waals surface area (Å²) in [4.78, 5) is 40.1. The Morgan fingerprint density at radius 3 is 2.91 bits per heavy atom. The SMILES string of the molecule is O=C(NCc1ccc(F)cc1F)c1cn2c(c(O)c1=O)C(=O)N1[C@@H](C2)O[C@@H]2COCC23C[C@@H]13. The van der Waals surface area contributed by atoms with Crippen molar-refractivity contribution < 1.29 is 33.0 Å². The number of amides is 2. The molecule has 3 fully saturated rings. The molecule has 1 aliphatic carbocycles. The summed E-state index contributed by atoms with van der Waals surface area (Å²) in [6, 6.07) is 2.84. The van der Waals surface area contributed by atoms with E-state index in [0.29, 0.717) is 19.3 Å². The predicted octanol–water partition coefficient (Wildman–Crippen LogP) is 0.732. The van der Waals surface area contributed by atoms with Gasteiger partial charge in [-0.05, 0) is 12.5 Å². The zero-order chi connectivity index (χ0) is 23.1. The summed E-state index contributed by atoms with van der Waals surface area (Å²) in [6.45, 7) is 0.790. The van der Waals surface area contributed by atoms with Crippen molar-refractivity contribution in [1.29, 1.82) is 0 Å². The average molecular weight is 459 g/mol. The Morgan fingerprint density at radius 1 is 1.30 bits per heavy atom. The van der Waals surface area contributed by atoms with E-state index in [1.165, 1.54) is 16.8 Å². The van der Waals surface area contributed by atoms with Crippen molar-refractivity contribution in [1.82, 2.24) is 14.8 Å². The van der Waals surface area contributed by atoms with Crippen LogP contribution in [0.2, 0.25) is 0 Å². The summed E-state index contributed by atoms with van der Waals surface area (Å²) < 4.78 is 39.9. The van der Waals surface area contributed by atoms with Crippen LogP contribution >= 0.6 is 0 Å². The maximum atomic E-state index is 13.8. The second-order valence-corrected chi connectivity index (χ2v) is 8.90. The molecule has 2 N–H and O–H groups in total. The molecule has 0 bridgehead atoms. The number of aromatic hydroxyl groups is 1. The molecule has 1 spiro atoms. The number of nitrogens with zero attached hydrogens (tertiary/aromatic N) is 2. The fraction of sp³-hybridized carbons (Fsp3) is 0.409. The predicted molar refractivity (Wildman–Crippen MR) is 106 cm³/mol.